The number of ether oxygens (including phenoxy) is 1. The first-order valence-corrected chi connectivity index (χ1v) is 10.2. The molecule has 1 aromatic carbocycles. The standard InChI is InChI=1S/C22H21F3N4O3/c1-32-21(31)13-5-8-16(9-6-13)29-12-14-11-15(7-10-17(14)28-29)26-20(30)18-3-2-4-19(27-18)22(23,24)25/h2-4,7,10-13,16H,5-6,8-9H2,1H3,(H,26,30). The van der Waals surface area contributed by atoms with Gasteiger partial charge < -0.3 is 10.1 Å². The predicted molar refractivity (Wildman–Crippen MR) is 110 cm³/mol. The number of pyridine rings is 1. The van der Waals surface area contributed by atoms with Crippen LogP contribution in [0.1, 0.15) is 47.9 Å². The number of halogens is 3. The lowest BCUT2D eigenvalue weighted by Gasteiger charge is -2.26. The Morgan fingerprint density at radius 2 is 1.88 bits per heavy atom. The Balaban J connectivity index is 1.47. The molecule has 4 rings (SSSR count). The number of carbonyl (C=O) groups is 2. The molecular weight excluding hydrogens is 425 g/mol. The third-order valence-corrected chi connectivity index (χ3v) is 5.66. The summed E-state index contributed by atoms with van der Waals surface area (Å²) in [6.07, 6.45) is 0.325. The quantitative estimate of drug-likeness (QED) is 0.592. The fourth-order valence-corrected chi connectivity index (χ4v) is 3.97. The van der Waals surface area contributed by atoms with Gasteiger partial charge in [0.1, 0.15) is 11.4 Å². The normalized spacial score (nSPS) is 19.0. The van der Waals surface area contributed by atoms with Crippen molar-refractivity contribution in [1.29, 1.82) is 0 Å². The van der Waals surface area contributed by atoms with Gasteiger partial charge in [-0.25, -0.2) is 4.98 Å². The number of aromatic nitrogens is 3. The van der Waals surface area contributed by atoms with E-state index in [0.717, 1.165) is 48.7 Å². The molecular formula is C22H21F3N4O3. The van der Waals surface area contributed by atoms with Crippen molar-refractivity contribution in [3.05, 3.63) is 54.0 Å². The first-order valence-electron chi connectivity index (χ1n) is 10.2. The minimum absolute atomic E-state index is 0.0764. The number of benzene rings is 1. The van der Waals surface area contributed by atoms with Gasteiger partial charge in [-0.1, -0.05) is 6.07 Å². The summed E-state index contributed by atoms with van der Waals surface area (Å²) in [5.41, 5.74) is -0.285. The molecule has 1 saturated carbocycles. The topological polar surface area (TPSA) is 86.1 Å². The van der Waals surface area contributed by atoms with Gasteiger partial charge >= 0.3 is 12.1 Å². The van der Waals surface area contributed by atoms with E-state index in [9.17, 15) is 22.8 Å². The average Bonchev–Trinajstić information content (AvgIpc) is 3.21. The number of esters is 1. The molecule has 7 nitrogen and oxygen atoms in total. The molecule has 0 spiro atoms. The molecule has 0 bridgehead atoms. The zero-order valence-corrected chi connectivity index (χ0v) is 17.2. The summed E-state index contributed by atoms with van der Waals surface area (Å²) in [5, 5.41) is 7.97. The fourth-order valence-electron chi connectivity index (χ4n) is 3.97. The number of anilines is 1. The second kappa shape index (κ2) is 8.60. The number of carbonyl (C=O) groups excluding carboxylic acids is 2. The number of nitrogens with one attached hydrogen (secondary N) is 1. The fraction of sp³-hybridized carbons (Fsp3) is 0.364. The van der Waals surface area contributed by atoms with Gasteiger partial charge in [0, 0.05) is 17.3 Å². The van der Waals surface area contributed by atoms with Crippen LogP contribution in [0.2, 0.25) is 0 Å². The number of amides is 1. The highest BCUT2D eigenvalue weighted by molar-refractivity contribution is 6.03. The summed E-state index contributed by atoms with van der Waals surface area (Å²) in [4.78, 5) is 27.5. The molecule has 2 aromatic heterocycles. The van der Waals surface area contributed by atoms with Crippen LogP contribution in [-0.2, 0) is 15.7 Å². The number of hydrogen-bond acceptors (Lipinski definition) is 5. The molecule has 0 unspecified atom stereocenters. The molecule has 1 aliphatic rings. The van der Waals surface area contributed by atoms with Crippen LogP contribution in [0.4, 0.5) is 18.9 Å². The molecule has 10 heteroatoms. The SMILES string of the molecule is COC(=O)C1CCC(n2cc3cc(NC(=O)c4cccc(C(F)(F)F)n4)ccc3n2)CC1. The Hall–Kier alpha value is -3.43. The lowest BCUT2D eigenvalue weighted by Crippen LogP contribution is -2.24. The van der Waals surface area contributed by atoms with Gasteiger partial charge in [0.25, 0.3) is 5.91 Å². The van der Waals surface area contributed by atoms with Crippen LogP contribution >= 0.6 is 0 Å². The van der Waals surface area contributed by atoms with Crippen molar-refractivity contribution < 1.29 is 27.5 Å². The minimum atomic E-state index is -4.63. The largest absolute Gasteiger partial charge is 0.469 e. The van der Waals surface area contributed by atoms with Gasteiger partial charge in [0.15, 0.2) is 0 Å². The first-order chi connectivity index (χ1) is 15.2. The van der Waals surface area contributed by atoms with E-state index in [4.69, 9.17) is 4.74 Å². The summed E-state index contributed by atoms with van der Waals surface area (Å²) in [5.74, 6) is -0.985. The van der Waals surface area contributed by atoms with Crippen molar-refractivity contribution >= 4 is 28.5 Å². The van der Waals surface area contributed by atoms with E-state index < -0.39 is 17.8 Å². The van der Waals surface area contributed by atoms with Gasteiger partial charge in [-0.3, -0.25) is 14.3 Å². The lowest BCUT2D eigenvalue weighted by molar-refractivity contribution is -0.146. The van der Waals surface area contributed by atoms with Crippen LogP contribution in [0.5, 0.6) is 0 Å². The third kappa shape index (κ3) is 4.58. The number of hydrogen-bond donors (Lipinski definition) is 1. The molecule has 1 aliphatic carbocycles. The maximum Gasteiger partial charge on any atom is 0.433 e. The molecule has 1 fully saturated rings. The molecule has 168 valence electrons. The number of fused-ring (bicyclic) bond motifs is 1. The summed E-state index contributed by atoms with van der Waals surface area (Å²) < 4.78 is 45.2. The lowest BCUT2D eigenvalue weighted by atomic mass is 9.86. The number of methoxy groups -OCH3 is 1. The Morgan fingerprint density at radius 3 is 2.56 bits per heavy atom. The van der Waals surface area contributed by atoms with Gasteiger partial charge in [0.2, 0.25) is 0 Å². The molecule has 0 radical (unpaired) electrons. The number of alkyl halides is 3. The van der Waals surface area contributed by atoms with Crippen LogP contribution in [0.25, 0.3) is 10.9 Å². The van der Waals surface area contributed by atoms with E-state index in [1.165, 1.54) is 13.2 Å². The van der Waals surface area contributed by atoms with Gasteiger partial charge in [0.05, 0.1) is 24.6 Å². The van der Waals surface area contributed by atoms with E-state index in [1.807, 2.05) is 10.9 Å². The van der Waals surface area contributed by atoms with Crippen molar-refractivity contribution in [3.63, 3.8) is 0 Å². The molecule has 32 heavy (non-hydrogen) atoms. The Morgan fingerprint density at radius 1 is 1.12 bits per heavy atom. The van der Waals surface area contributed by atoms with Crippen LogP contribution in [0.15, 0.2) is 42.6 Å². The second-order valence-corrected chi connectivity index (χ2v) is 7.77. The Kier molecular flexibility index (Phi) is 5.86. The summed E-state index contributed by atoms with van der Waals surface area (Å²) >= 11 is 0. The molecule has 2 heterocycles. The van der Waals surface area contributed by atoms with E-state index in [-0.39, 0.29) is 23.6 Å². The predicted octanol–water partition coefficient (Wildman–Crippen LogP) is 4.61. The van der Waals surface area contributed by atoms with Crippen LogP contribution in [0, 0.1) is 5.92 Å². The monoisotopic (exact) mass is 446 g/mol. The van der Waals surface area contributed by atoms with Crippen LogP contribution in [0.3, 0.4) is 0 Å². The zero-order valence-electron chi connectivity index (χ0n) is 17.2. The summed E-state index contributed by atoms with van der Waals surface area (Å²) in [7, 11) is 1.40. The first kappa shape index (κ1) is 21.8. The van der Waals surface area contributed by atoms with Crippen LogP contribution in [-0.4, -0.2) is 33.8 Å². The molecule has 1 amide bonds. The molecule has 0 saturated heterocycles. The van der Waals surface area contributed by atoms with Crippen molar-refractivity contribution in [2.75, 3.05) is 12.4 Å². The van der Waals surface area contributed by atoms with Crippen LogP contribution < -0.4 is 5.32 Å². The average molecular weight is 446 g/mol. The smallest absolute Gasteiger partial charge is 0.433 e. The summed E-state index contributed by atoms with van der Waals surface area (Å²) in [6.45, 7) is 0. The van der Waals surface area contributed by atoms with Gasteiger partial charge in [-0.15, -0.1) is 0 Å². The molecule has 3 aromatic rings. The van der Waals surface area contributed by atoms with E-state index in [0.29, 0.717) is 5.69 Å². The van der Waals surface area contributed by atoms with E-state index in [2.05, 4.69) is 15.4 Å². The van der Waals surface area contributed by atoms with Crippen molar-refractivity contribution in [2.45, 2.75) is 37.9 Å². The van der Waals surface area contributed by atoms with Crippen molar-refractivity contribution in [3.8, 4) is 0 Å². The van der Waals surface area contributed by atoms with E-state index >= 15 is 0 Å². The highest BCUT2D eigenvalue weighted by Gasteiger charge is 2.33. The zero-order chi connectivity index (χ0) is 22.9. The number of rotatable bonds is 4. The number of nitrogens with zero attached hydrogens (tertiary/aromatic N) is 3. The van der Waals surface area contributed by atoms with Crippen molar-refractivity contribution in [1.82, 2.24) is 14.8 Å². The maximum atomic E-state index is 12.8. The molecule has 0 atom stereocenters. The minimum Gasteiger partial charge on any atom is -0.469 e. The maximum absolute atomic E-state index is 12.8. The Bertz CT molecular complexity index is 1150. The van der Waals surface area contributed by atoms with E-state index in [1.54, 1.807) is 18.2 Å². The summed E-state index contributed by atoms with van der Waals surface area (Å²) in [6, 6.07) is 8.44. The highest BCUT2D eigenvalue weighted by Crippen LogP contribution is 2.33. The van der Waals surface area contributed by atoms with Gasteiger partial charge in [-0.2, -0.15) is 18.3 Å². The Labute approximate surface area is 181 Å². The molecule has 1 N–H and O–H groups in total. The molecule has 0 aliphatic heterocycles. The van der Waals surface area contributed by atoms with Crippen molar-refractivity contribution in [2.24, 2.45) is 5.92 Å². The van der Waals surface area contributed by atoms with Gasteiger partial charge in [-0.05, 0) is 56.0 Å². The third-order valence-electron chi connectivity index (χ3n) is 5.66. The second-order valence-electron chi connectivity index (χ2n) is 7.77. The highest BCUT2D eigenvalue weighted by atomic mass is 19.4.